The lowest BCUT2D eigenvalue weighted by Crippen LogP contribution is -2.51. The summed E-state index contributed by atoms with van der Waals surface area (Å²) < 4.78 is 0. The summed E-state index contributed by atoms with van der Waals surface area (Å²) in [6.45, 7) is 1.44. The second-order valence-electron chi connectivity index (χ2n) is 7.54. The number of carbonyl (C=O) groups excluding carboxylic acids is 1. The first-order valence-electron chi connectivity index (χ1n) is 8.66. The highest BCUT2D eigenvalue weighted by atomic mass is 16.1. The number of carbonyl (C=O) groups is 1. The topological polar surface area (TPSA) is 58.4 Å². The van der Waals surface area contributed by atoms with Gasteiger partial charge in [0, 0.05) is 18.5 Å². The van der Waals surface area contributed by atoms with Gasteiger partial charge in [0.05, 0.1) is 0 Å². The Kier molecular flexibility index (Phi) is 5.67. The summed E-state index contributed by atoms with van der Waals surface area (Å²) in [5, 5.41) is 3.22. The van der Waals surface area contributed by atoms with Gasteiger partial charge in [0.2, 0.25) is 5.91 Å². The molecule has 2 fully saturated rings. The van der Waals surface area contributed by atoms with Crippen molar-refractivity contribution in [1.29, 1.82) is 0 Å². The molecule has 21 heavy (non-hydrogen) atoms. The maximum atomic E-state index is 12.4. The average Bonchev–Trinajstić information content (AvgIpc) is 2.96. The predicted molar refractivity (Wildman–Crippen MR) is 87.1 cm³/mol. The third-order valence-corrected chi connectivity index (χ3v) is 5.98. The summed E-state index contributed by atoms with van der Waals surface area (Å²) >= 11 is 0. The maximum absolute atomic E-state index is 12.4. The van der Waals surface area contributed by atoms with Crippen LogP contribution in [0.15, 0.2) is 0 Å². The van der Waals surface area contributed by atoms with Crippen LogP contribution in [0.4, 0.5) is 0 Å². The molecule has 3 N–H and O–H groups in total. The summed E-state index contributed by atoms with van der Waals surface area (Å²) in [6.07, 6.45) is 11.6. The van der Waals surface area contributed by atoms with Crippen molar-refractivity contribution in [2.75, 3.05) is 27.2 Å². The molecular formula is C17H33N3O. The van der Waals surface area contributed by atoms with Crippen LogP contribution in [0, 0.1) is 5.41 Å². The summed E-state index contributed by atoms with van der Waals surface area (Å²) in [5.41, 5.74) is 6.24. The third-order valence-electron chi connectivity index (χ3n) is 5.98. The molecule has 4 nitrogen and oxygen atoms in total. The summed E-state index contributed by atoms with van der Waals surface area (Å²) in [4.78, 5) is 14.7. The van der Waals surface area contributed by atoms with E-state index in [1.807, 2.05) is 0 Å². The van der Waals surface area contributed by atoms with Crippen LogP contribution in [-0.4, -0.2) is 43.5 Å². The minimum absolute atomic E-state index is 0.0727. The van der Waals surface area contributed by atoms with Crippen LogP contribution in [0.2, 0.25) is 0 Å². The minimum Gasteiger partial charge on any atom is -0.354 e. The quantitative estimate of drug-likeness (QED) is 0.790. The lowest BCUT2D eigenvalue weighted by Gasteiger charge is -2.38. The number of nitrogens with zero attached hydrogens (tertiary/aromatic N) is 1. The summed E-state index contributed by atoms with van der Waals surface area (Å²) in [5.74, 6) is 0.204. The number of likely N-dealkylation sites (N-methyl/N-ethyl adjacent to an activating group) is 1. The van der Waals surface area contributed by atoms with Gasteiger partial charge in [-0.15, -0.1) is 0 Å². The average molecular weight is 295 g/mol. The van der Waals surface area contributed by atoms with Crippen molar-refractivity contribution < 1.29 is 4.79 Å². The van der Waals surface area contributed by atoms with Crippen LogP contribution in [0.25, 0.3) is 0 Å². The fourth-order valence-corrected chi connectivity index (χ4v) is 4.24. The molecule has 0 bridgehead atoms. The van der Waals surface area contributed by atoms with Gasteiger partial charge in [-0.25, -0.2) is 0 Å². The van der Waals surface area contributed by atoms with Gasteiger partial charge >= 0.3 is 0 Å². The van der Waals surface area contributed by atoms with E-state index in [0.717, 1.165) is 19.4 Å². The molecule has 4 heteroatoms. The predicted octanol–water partition coefficient (Wildman–Crippen LogP) is 2.28. The molecule has 0 aromatic carbocycles. The molecule has 0 aromatic rings. The van der Waals surface area contributed by atoms with Gasteiger partial charge in [-0.1, -0.05) is 32.1 Å². The van der Waals surface area contributed by atoms with Gasteiger partial charge in [0.1, 0.15) is 0 Å². The minimum atomic E-state index is 0.0727. The SMILES string of the molecule is CN(C)C1(CNC(=O)CC2(CN)CCCCC2)CCCC1. The van der Waals surface area contributed by atoms with E-state index < -0.39 is 0 Å². The molecule has 2 aliphatic carbocycles. The van der Waals surface area contributed by atoms with Crippen molar-refractivity contribution >= 4 is 5.91 Å². The lowest BCUT2D eigenvalue weighted by molar-refractivity contribution is -0.124. The number of hydrogen-bond acceptors (Lipinski definition) is 3. The molecule has 0 saturated heterocycles. The van der Waals surface area contributed by atoms with Crippen molar-refractivity contribution in [3.05, 3.63) is 0 Å². The molecule has 0 heterocycles. The zero-order valence-electron chi connectivity index (χ0n) is 13.9. The zero-order chi connectivity index (χ0) is 15.3. The molecule has 0 unspecified atom stereocenters. The first-order chi connectivity index (χ1) is 10.0. The second kappa shape index (κ2) is 7.10. The molecule has 2 saturated carbocycles. The molecule has 0 spiro atoms. The van der Waals surface area contributed by atoms with Crippen molar-refractivity contribution in [3.63, 3.8) is 0 Å². The first-order valence-corrected chi connectivity index (χ1v) is 8.66. The van der Waals surface area contributed by atoms with E-state index in [-0.39, 0.29) is 16.9 Å². The van der Waals surface area contributed by atoms with Crippen LogP contribution in [-0.2, 0) is 4.79 Å². The van der Waals surface area contributed by atoms with E-state index in [9.17, 15) is 4.79 Å². The van der Waals surface area contributed by atoms with E-state index >= 15 is 0 Å². The standard InChI is InChI=1S/C17H33N3O/c1-20(2)17(10-6-7-11-17)14-19-15(21)12-16(13-18)8-4-3-5-9-16/h3-14,18H2,1-2H3,(H,19,21). The van der Waals surface area contributed by atoms with Crippen LogP contribution >= 0.6 is 0 Å². The Bertz CT molecular complexity index is 342. The first kappa shape index (κ1) is 16.8. The molecule has 1 amide bonds. The Morgan fingerprint density at radius 3 is 2.14 bits per heavy atom. The number of nitrogens with one attached hydrogen (secondary N) is 1. The Morgan fingerprint density at radius 2 is 1.62 bits per heavy atom. The Labute approximate surface area is 129 Å². The van der Waals surface area contributed by atoms with E-state index in [4.69, 9.17) is 5.73 Å². The van der Waals surface area contributed by atoms with E-state index in [1.165, 1.54) is 44.9 Å². The van der Waals surface area contributed by atoms with Crippen LogP contribution < -0.4 is 11.1 Å². The Hall–Kier alpha value is -0.610. The molecule has 0 aromatic heterocycles. The molecule has 122 valence electrons. The highest BCUT2D eigenvalue weighted by Gasteiger charge is 2.37. The van der Waals surface area contributed by atoms with Gasteiger partial charge < -0.3 is 16.0 Å². The third kappa shape index (κ3) is 3.98. The molecule has 0 radical (unpaired) electrons. The van der Waals surface area contributed by atoms with Gasteiger partial charge in [0.25, 0.3) is 0 Å². The fourth-order valence-electron chi connectivity index (χ4n) is 4.24. The number of nitrogens with two attached hydrogens (primary N) is 1. The molecule has 0 aliphatic heterocycles. The van der Waals surface area contributed by atoms with Crippen LogP contribution in [0.3, 0.4) is 0 Å². The van der Waals surface area contributed by atoms with Crippen molar-refractivity contribution in [2.24, 2.45) is 11.1 Å². The molecule has 2 aliphatic rings. The zero-order valence-corrected chi connectivity index (χ0v) is 13.9. The molecule has 0 atom stereocenters. The number of amides is 1. The van der Waals surface area contributed by atoms with Gasteiger partial charge in [-0.3, -0.25) is 4.79 Å². The largest absolute Gasteiger partial charge is 0.354 e. The monoisotopic (exact) mass is 295 g/mol. The van der Waals surface area contributed by atoms with Crippen LogP contribution in [0.5, 0.6) is 0 Å². The van der Waals surface area contributed by atoms with Crippen molar-refractivity contribution in [2.45, 2.75) is 69.7 Å². The maximum Gasteiger partial charge on any atom is 0.220 e. The second-order valence-corrected chi connectivity index (χ2v) is 7.54. The highest BCUT2D eigenvalue weighted by Crippen LogP contribution is 2.38. The van der Waals surface area contributed by atoms with Crippen LogP contribution in [0.1, 0.15) is 64.2 Å². The van der Waals surface area contributed by atoms with Gasteiger partial charge in [0.15, 0.2) is 0 Å². The highest BCUT2D eigenvalue weighted by molar-refractivity contribution is 5.76. The van der Waals surface area contributed by atoms with Crippen molar-refractivity contribution in [1.82, 2.24) is 10.2 Å². The molecular weight excluding hydrogens is 262 g/mol. The van der Waals surface area contributed by atoms with Gasteiger partial charge in [-0.2, -0.15) is 0 Å². The number of rotatable bonds is 6. The fraction of sp³-hybridized carbons (Fsp3) is 0.941. The Balaban J connectivity index is 1.86. The van der Waals surface area contributed by atoms with Gasteiger partial charge in [-0.05, 0) is 51.7 Å². The van der Waals surface area contributed by atoms with Crippen molar-refractivity contribution in [3.8, 4) is 0 Å². The normalized spacial score (nSPS) is 24.2. The lowest BCUT2D eigenvalue weighted by atomic mass is 9.71. The van der Waals surface area contributed by atoms with E-state index in [2.05, 4.69) is 24.3 Å². The van der Waals surface area contributed by atoms with E-state index in [0.29, 0.717) is 13.0 Å². The Morgan fingerprint density at radius 1 is 1.05 bits per heavy atom. The van der Waals surface area contributed by atoms with E-state index in [1.54, 1.807) is 0 Å². The molecule has 2 rings (SSSR count). The smallest absolute Gasteiger partial charge is 0.220 e. The summed E-state index contributed by atoms with van der Waals surface area (Å²) in [7, 11) is 4.28. The summed E-state index contributed by atoms with van der Waals surface area (Å²) in [6, 6.07) is 0. The number of hydrogen-bond donors (Lipinski definition) is 2.